The number of carbonyl (C=O) groups is 1. The van der Waals surface area contributed by atoms with Crippen LogP contribution in [0.1, 0.15) is 61.1 Å². The van der Waals surface area contributed by atoms with E-state index in [1.165, 1.54) is 18.2 Å². The van der Waals surface area contributed by atoms with Gasteiger partial charge in [-0.25, -0.2) is 8.78 Å². The van der Waals surface area contributed by atoms with E-state index < -0.39 is 11.6 Å². The van der Waals surface area contributed by atoms with Crippen LogP contribution in [0.5, 0.6) is 0 Å². The molecule has 1 saturated carbocycles. The van der Waals surface area contributed by atoms with Crippen molar-refractivity contribution < 1.29 is 18.3 Å². The molecule has 1 saturated heterocycles. The van der Waals surface area contributed by atoms with Crippen LogP contribution in [0.25, 0.3) is 11.3 Å². The number of rotatable bonds is 6. The molecule has 2 aromatic carbocycles. The van der Waals surface area contributed by atoms with Crippen molar-refractivity contribution in [3.05, 3.63) is 77.0 Å². The number of amides is 1. The lowest BCUT2D eigenvalue weighted by molar-refractivity contribution is 0.0652. The number of ether oxygens (including phenoxy) is 1. The molecule has 3 aliphatic rings. The monoisotopic (exact) mass is 532 g/mol. The number of aromatic nitrogens is 2. The zero-order valence-electron chi connectivity index (χ0n) is 22.7. The van der Waals surface area contributed by atoms with E-state index in [-0.39, 0.29) is 33.9 Å². The Morgan fingerprint density at radius 1 is 1.08 bits per heavy atom. The maximum absolute atomic E-state index is 14.5. The summed E-state index contributed by atoms with van der Waals surface area (Å²) >= 11 is 0. The number of hydrogen-bond acceptors (Lipinski definition) is 5. The number of anilines is 1. The van der Waals surface area contributed by atoms with Crippen molar-refractivity contribution in [2.45, 2.75) is 44.9 Å². The van der Waals surface area contributed by atoms with Crippen LogP contribution in [0, 0.1) is 17.0 Å². The van der Waals surface area contributed by atoms with Crippen LogP contribution in [0.2, 0.25) is 0 Å². The molecule has 0 unspecified atom stereocenters. The van der Waals surface area contributed by atoms with Gasteiger partial charge >= 0.3 is 0 Å². The van der Waals surface area contributed by atoms with Gasteiger partial charge in [-0.05, 0) is 79.1 Å². The Hall–Kier alpha value is -3.39. The van der Waals surface area contributed by atoms with Crippen LogP contribution >= 0.6 is 0 Å². The quantitative estimate of drug-likeness (QED) is 0.415. The minimum absolute atomic E-state index is 0.00823. The van der Waals surface area contributed by atoms with Gasteiger partial charge in [-0.2, -0.15) is 10.2 Å². The topological polar surface area (TPSA) is 58.6 Å². The first kappa shape index (κ1) is 25.9. The summed E-state index contributed by atoms with van der Waals surface area (Å²) in [5.74, 6) is -1.13. The van der Waals surface area contributed by atoms with E-state index >= 15 is 0 Å². The smallest absolute Gasteiger partial charge is 0.253 e. The summed E-state index contributed by atoms with van der Waals surface area (Å²) in [5.41, 5.74) is 3.11. The number of nitrogens with zero attached hydrogens (tertiary/aromatic N) is 4. The maximum Gasteiger partial charge on any atom is 0.253 e. The molecule has 8 heteroatoms. The predicted molar refractivity (Wildman–Crippen MR) is 146 cm³/mol. The SMILES string of the molecule is CCN(C[C@@]12CC[C@@H](c3cc(-c4c(F)cccc4F)nnc31)C2(C)C)C(=O)c1ccc(N2CCOCC2)cc1. The number of fused-ring (bicyclic) bond motifs is 5. The highest BCUT2D eigenvalue weighted by Crippen LogP contribution is 2.67. The summed E-state index contributed by atoms with van der Waals surface area (Å²) in [6.45, 7) is 10.7. The second-order valence-electron chi connectivity index (χ2n) is 11.5. The molecule has 6 nitrogen and oxygen atoms in total. The third-order valence-electron chi connectivity index (χ3n) is 9.46. The van der Waals surface area contributed by atoms with Gasteiger partial charge in [0.25, 0.3) is 5.91 Å². The maximum atomic E-state index is 14.5. The summed E-state index contributed by atoms with van der Waals surface area (Å²) in [7, 11) is 0. The third kappa shape index (κ3) is 4.03. The molecule has 0 radical (unpaired) electrons. The van der Waals surface area contributed by atoms with E-state index in [4.69, 9.17) is 4.74 Å². The fourth-order valence-electron chi connectivity index (χ4n) is 7.11. The molecule has 2 atom stereocenters. The van der Waals surface area contributed by atoms with Crippen molar-refractivity contribution in [3.8, 4) is 11.3 Å². The average Bonchev–Trinajstić information content (AvgIpc) is 3.31. The lowest BCUT2D eigenvalue weighted by atomic mass is 9.68. The van der Waals surface area contributed by atoms with Crippen molar-refractivity contribution in [2.75, 3.05) is 44.3 Å². The van der Waals surface area contributed by atoms with Crippen LogP contribution in [0.15, 0.2) is 48.5 Å². The first-order chi connectivity index (χ1) is 18.8. The van der Waals surface area contributed by atoms with E-state index in [2.05, 4.69) is 28.9 Å². The Morgan fingerprint density at radius 2 is 1.77 bits per heavy atom. The largest absolute Gasteiger partial charge is 0.378 e. The normalized spacial score (nSPS) is 23.1. The summed E-state index contributed by atoms with van der Waals surface area (Å²) < 4.78 is 34.5. The molecule has 204 valence electrons. The van der Waals surface area contributed by atoms with Crippen LogP contribution in [-0.2, 0) is 10.2 Å². The van der Waals surface area contributed by atoms with Crippen molar-refractivity contribution in [1.29, 1.82) is 0 Å². The fraction of sp³-hybridized carbons (Fsp3) is 0.452. The van der Waals surface area contributed by atoms with Crippen molar-refractivity contribution in [1.82, 2.24) is 15.1 Å². The number of benzene rings is 2. The van der Waals surface area contributed by atoms with E-state index in [0.717, 1.165) is 42.9 Å². The van der Waals surface area contributed by atoms with Crippen molar-refractivity contribution in [2.24, 2.45) is 5.41 Å². The molecule has 2 heterocycles. The molecule has 3 aromatic rings. The summed E-state index contributed by atoms with van der Waals surface area (Å²) in [6.07, 6.45) is 1.82. The van der Waals surface area contributed by atoms with Crippen molar-refractivity contribution in [3.63, 3.8) is 0 Å². The highest BCUT2D eigenvalue weighted by Gasteiger charge is 2.64. The van der Waals surface area contributed by atoms with Gasteiger partial charge in [0.05, 0.1) is 30.2 Å². The van der Waals surface area contributed by atoms with Gasteiger partial charge in [-0.3, -0.25) is 4.79 Å². The predicted octanol–water partition coefficient (Wildman–Crippen LogP) is 5.58. The Bertz CT molecular complexity index is 1380. The molecule has 0 spiro atoms. The zero-order valence-corrected chi connectivity index (χ0v) is 22.7. The first-order valence-corrected chi connectivity index (χ1v) is 13.8. The number of hydrogen-bond donors (Lipinski definition) is 0. The molecule has 39 heavy (non-hydrogen) atoms. The van der Waals surface area contributed by atoms with E-state index in [9.17, 15) is 13.6 Å². The van der Waals surface area contributed by atoms with Crippen LogP contribution in [-0.4, -0.2) is 60.4 Å². The third-order valence-corrected chi connectivity index (χ3v) is 9.46. The van der Waals surface area contributed by atoms with E-state index in [0.29, 0.717) is 31.9 Å². The standard InChI is InChI=1S/C31H34F2N4O2/c1-4-36(29(38)20-8-10-21(11-9-20)37-14-16-39-17-15-37)19-31-13-12-23(30(31,2)3)22-18-26(34-35-28(22)31)27-24(32)6-5-7-25(27)33/h5-11,18,23H,4,12-17,19H2,1-3H3/t23-,31-/m0/s1. The summed E-state index contributed by atoms with van der Waals surface area (Å²) in [4.78, 5) is 17.9. The van der Waals surface area contributed by atoms with Gasteiger partial charge in [-0.1, -0.05) is 19.9 Å². The van der Waals surface area contributed by atoms with Crippen molar-refractivity contribution >= 4 is 11.6 Å². The van der Waals surface area contributed by atoms with Crippen LogP contribution < -0.4 is 4.90 Å². The summed E-state index contributed by atoms with van der Waals surface area (Å²) in [5, 5.41) is 8.93. The molecule has 2 bridgehead atoms. The highest BCUT2D eigenvalue weighted by atomic mass is 19.1. The van der Waals surface area contributed by atoms with Gasteiger partial charge in [0.15, 0.2) is 0 Å². The summed E-state index contributed by atoms with van der Waals surface area (Å²) in [6, 6.07) is 13.5. The molecule has 2 aliphatic carbocycles. The molecular weight excluding hydrogens is 498 g/mol. The molecule has 1 amide bonds. The molecule has 0 N–H and O–H groups in total. The van der Waals surface area contributed by atoms with Gasteiger partial charge < -0.3 is 14.5 Å². The molecule has 2 fully saturated rings. The molecule has 1 aliphatic heterocycles. The molecular formula is C31H34F2N4O2. The lowest BCUT2D eigenvalue weighted by Crippen LogP contribution is -2.48. The average molecular weight is 533 g/mol. The fourth-order valence-corrected chi connectivity index (χ4v) is 7.11. The van der Waals surface area contributed by atoms with Gasteiger partial charge in [0.1, 0.15) is 11.6 Å². The molecule has 6 rings (SSSR count). The Labute approximate surface area is 228 Å². The zero-order chi connectivity index (χ0) is 27.4. The highest BCUT2D eigenvalue weighted by molar-refractivity contribution is 5.94. The van der Waals surface area contributed by atoms with Gasteiger partial charge in [-0.15, -0.1) is 0 Å². The molecule has 1 aromatic heterocycles. The van der Waals surface area contributed by atoms with Gasteiger partial charge in [0, 0.05) is 42.8 Å². The number of morpholine rings is 1. The first-order valence-electron chi connectivity index (χ1n) is 13.8. The minimum atomic E-state index is -0.649. The lowest BCUT2D eigenvalue weighted by Gasteiger charge is -2.41. The van der Waals surface area contributed by atoms with E-state index in [1.807, 2.05) is 42.2 Å². The minimum Gasteiger partial charge on any atom is -0.378 e. The van der Waals surface area contributed by atoms with Gasteiger partial charge in [0.2, 0.25) is 0 Å². The number of likely N-dealkylation sites (N-methyl/N-ethyl adjacent to an activating group) is 1. The Kier molecular flexibility index (Phi) is 6.41. The Balaban J connectivity index is 1.30. The second-order valence-corrected chi connectivity index (χ2v) is 11.5. The van der Waals surface area contributed by atoms with Crippen LogP contribution in [0.3, 0.4) is 0 Å². The number of carbonyl (C=O) groups excluding carboxylic acids is 1. The Morgan fingerprint density at radius 3 is 2.44 bits per heavy atom. The second kappa shape index (κ2) is 9.66. The number of halogens is 2. The van der Waals surface area contributed by atoms with E-state index in [1.54, 1.807) is 0 Å². The van der Waals surface area contributed by atoms with Crippen LogP contribution in [0.4, 0.5) is 14.5 Å².